The van der Waals surface area contributed by atoms with Crippen LogP contribution in [0.25, 0.3) is 22.2 Å². The first-order chi connectivity index (χ1) is 15.7. The molecule has 8 nitrogen and oxygen atoms in total. The van der Waals surface area contributed by atoms with Crippen LogP contribution >= 0.6 is 11.6 Å². The van der Waals surface area contributed by atoms with Crippen LogP contribution in [-0.4, -0.2) is 31.3 Å². The van der Waals surface area contributed by atoms with E-state index in [0.717, 1.165) is 5.52 Å². The van der Waals surface area contributed by atoms with Gasteiger partial charge in [0.1, 0.15) is 23.9 Å². The fraction of sp³-hybridized carbons (Fsp3) is 0.227. The molecule has 0 saturated carbocycles. The number of aliphatic hydroxyl groups is 1. The van der Waals surface area contributed by atoms with Crippen LogP contribution in [0.1, 0.15) is 36.1 Å². The highest BCUT2D eigenvalue weighted by atomic mass is 35.5. The SMILES string of the molecule is CCn1c([C@H](C)O)nc2cc(C(=O)Nc3ccc(OC(F)(F)Cl)cc3)cc(-c3cnoc3)c21. The number of carbonyl (C=O) groups excluding carboxylic acids is 1. The van der Waals surface area contributed by atoms with Crippen LogP contribution in [0.3, 0.4) is 0 Å². The number of carbonyl (C=O) groups is 1. The Labute approximate surface area is 191 Å². The van der Waals surface area contributed by atoms with Crippen molar-refractivity contribution >= 4 is 34.2 Å². The fourth-order valence-corrected chi connectivity index (χ4v) is 3.65. The van der Waals surface area contributed by atoms with Gasteiger partial charge in [0.15, 0.2) is 0 Å². The number of rotatable bonds is 7. The van der Waals surface area contributed by atoms with Gasteiger partial charge in [0, 0.05) is 40.5 Å². The second-order valence-corrected chi connectivity index (χ2v) is 7.66. The molecule has 0 aliphatic heterocycles. The predicted molar refractivity (Wildman–Crippen MR) is 117 cm³/mol. The first-order valence-corrected chi connectivity index (χ1v) is 10.3. The van der Waals surface area contributed by atoms with E-state index in [0.29, 0.717) is 40.3 Å². The Kier molecular flexibility index (Phi) is 6.05. The van der Waals surface area contributed by atoms with E-state index < -0.39 is 17.6 Å². The van der Waals surface area contributed by atoms with Crippen LogP contribution in [0, 0.1) is 0 Å². The number of alkyl halides is 3. The third-order valence-corrected chi connectivity index (χ3v) is 4.99. The van der Waals surface area contributed by atoms with Gasteiger partial charge in [-0.3, -0.25) is 4.79 Å². The molecule has 0 saturated heterocycles. The summed E-state index contributed by atoms with van der Waals surface area (Å²) >= 11 is 4.76. The lowest BCUT2D eigenvalue weighted by Gasteiger charge is -2.12. The monoisotopic (exact) mass is 476 g/mol. The van der Waals surface area contributed by atoms with Crippen molar-refractivity contribution in [2.45, 2.75) is 32.1 Å². The highest BCUT2D eigenvalue weighted by molar-refractivity contribution is 6.20. The van der Waals surface area contributed by atoms with Crippen molar-refractivity contribution in [3.8, 4) is 16.9 Å². The minimum atomic E-state index is -3.83. The molecule has 11 heteroatoms. The molecule has 0 fully saturated rings. The predicted octanol–water partition coefficient (Wildman–Crippen LogP) is 5.18. The van der Waals surface area contributed by atoms with Crippen molar-refractivity contribution < 1.29 is 27.9 Å². The second-order valence-electron chi connectivity index (χ2n) is 7.22. The number of fused-ring (bicyclic) bond motifs is 1. The van der Waals surface area contributed by atoms with Gasteiger partial charge in [-0.25, -0.2) is 4.98 Å². The van der Waals surface area contributed by atoms with Gasteiger partial charge in [-0.1, -0.05) is 5.16 Å². The van der Waals surface area contributed by atoms with E-state index >= 15 is 0 Å². The quantitative estimate of drug-likeness (QED) is 0.356. The van der Waals surface area contributed by atoms with Crippen LogP contribution < -0.4 is 10.1 Å². The largest absolute Gasteiger partial charge is 0.487 e. The summed E-state index contributed by atoms with van der Waals surface area (Å²) < 4.78 is 36.7. The number of aliphatic hydroxyl groups excluding tert-OH is 1. The molecule has 0 bridgehead atoms. The van der Waals surface area contributed by atoms with Crippen molar-refractivity contribution in [2.24, 2.45) is 0 Å². The maximum Gasteiger partial charge on any atom is 0.487 e. The Morgan fingerprint density at radius 3 is 2.64 bits per heavy atom. The summed E-state index contributed by atoms with van der Waals surface area (Å²) in [7, 11) is 0. The molecular formula is C22H19ClF2N4O4. The molecule has 2 aromatic carbocycles. The average Bonchev–Trinajstić information content (AvgIpc) is 3.41. The molecule has 0 spiro atoms. The van der Waals surface area contributed by atoms with E-state index in [1.807, 2.05) is 11.5 Å². The van der Waals surface area contributed by atoms with Crippen LogP contribution in [-0.2, 0) is 6.54 Å². The number of imidazole rings is 1. The number of aryl methyl sites for hydroxylation is 1. The zero-order valence-corrected chi connectivity index (χ0v) is 18.3. The van der Waals surface area contributed by atoms with Gasteiger partial charge in [-0.15, -0.1) is 8.78 Å². The molecule has 1 atom stereocenters. The number of nitrogens with one attached hydrogen (secondary N) is 1. The van der Waals surface area contributed by atoms with Crippen molar-refractivity contribution in [1.82, 2.24) is 14.7 Å². The molecule has 4 rings (SSSR count). The Hall–Kier alpha value is -3.50. The van der Waals surface area contributed by atoms with Crippen LogP contribution in [0.5, 0.6) is 5.75 Å². The van der Waals surface area contributed by atoms with E-state index in [1.54, 1.807) is 19.1 Å². The van der Waals surface area contributed by atoms with Crippen molar-refractivity contribution in [2.75, 3.05) is 5.32 Å². The summed E-state index contributed by atoms with van der Waals surface area (Å²) in [4.78, 5) is 17.5. The van der Waals surface area contributed by atoms with Crippen molar-refractivity contribution in [3.63, 3.8) is 0 Å². The third-order valence-electron chi connectivity index (χ3n) is 4.91. The second kappa shape index (κ2) is 8.80. The number of anilines is 1. The van der Waals surface area contributed by atoms with Gasteiger partial charge in [0.25, 0.3) is 5.91 Å². The van der Waals surface area contributed by atoms with Gasteiger partial charge in [0.2, 0.25) is 0 Å². The maximum atomic E-state index is 13.0. The Morgan fingerprint density at radius 1 is 1.33 bits per heavy atom. The van der Waals surface area contributed by atoms with Gasteiger partial charge >= 0.3 is 5.57 Å². The van der Waals surface area contributed by atoms with Crippen LogP contribution in [0.4, 0.5) is 14.5 Å². The average molecular weight is 477 g/mol. The minimum absolute atomic E-state index is 0.153. The molecule has 0 unspecified atom stereocenters. The molecule has 172 valence electrons. The minimum Gasteiger partial charge on any atom is -0.420 e. The van der Waals surface area contributed by atoms with E-state index in [-0.39, 0.29) is 5.75 Å². The molecule has 4 aromatic rings. The number of amides is 1. The summed E-state index contributed by atoms with van der Waals surface area (Å²) in [5, 5.41) is 16.6. The summed E-state index contributed by atoms with van der Waals surface area (Å²) in [6.45, 7) is 4.10. The normalized spacial score (nSPS) is 12.7. The number of nitrogens with zero attached hydrogens (tertiary/aromatic N) is 3. The smallest absolute Gasteiger partial charge is 0.420 e. The van der Waals surface area contributed by atoms with Crippen molar-refractivity contribution in [1.29, 1.82) is 0 Å². The number of hydrogen-bond donors (Lipinski definition) is 2. The Morgan fingerprint density at radius 2 is 2.06 bits per heavy atom. The molecule has 0 radical (unpaired) electrons. The summed E-state index contributed by atoms with van der Waals surface area (Å²) in [5.74, 6) is -0.134. The molecule has 0 aliphatic rings. The first-order valence-electron chi connectivity index (χ1n) is 9.95. The summed E-state index contributed by atoms with van der Waals surface area (Å²) in [6, 6.07) is 8.63. The number of benzene rings is 2. The lowest BCUT2D eigenvalue weighted by molar-refractivity contribution is -0.0964. The van der Waals surface area contributed by atoms with Crippen molar-refractivity contribution in [3.05, 3.63) is 60.2 Å². The summed E-state index contributed by atoms with van der Waals surface area (Å²) in [6.07, 6.45) is 2.17. The molecule has 2 heterocycles. The number of hydrogen-bond acceptors (Lipinski definition) is 6. The molecule has 33 heavy (non-hydrogen) atoms. The lowest BCUT2D eigenvalue weighted by atomic mass is 10.0. The molecule has 2 N–H and O–H groups in total. The lowest BCUT2D eigenvalue weighted by Crippen LogP contribution is -2.16. The zero-order chi connectivity index (χ0) is 23.8. The number of halogens is 3. The standard InChI is InChI=1S/C22H19ClF2N4O4/c1-3-29-19-17(14-10-26-32-11-14)8-13(9-18(19)28-20(29)12(2)30)21(31)27-15-4-6-16(7-5-15)33-22(23,24)25/h4-12,30H,3H2,1-2H3,(H,27,31)/t12-/m0/s1. The highest BCUT2D eigenvalue weighted by Crippen LogP contribution is 2.33. The van der Waals surface area contributed by atoms with Gasteiger partial charge in [-0.05, 0) is 50.2 Å². The van der Waals surface area contributed by atoms with Crippen LogP contribution in [0.15, 0.2) is 53.4 Å². The van der Waals surface area contributed by atoms with E-state index in [2.05, 4.69) is 20.2 Å². The van der Waals surface area contributed by atoms with E-state index in [9.17, 15) is 18.7 Å². The van der Waals surface area contributed by atoms with E-state index in [1.165, 1.54) is 36.7 Å². The fourth-order valence-electron chi connectivity index (χ4n) is 3.56. The third kappa shape index (κ3) is 4.81. The zero-order valence-electron chi connectivity index (χ0n) is 17.6. The molecule has 0 aliphatic carbocycles. The Bertz CT molecular complexity index is 1280. The molecule has 1 amide bonds. The molecule has 2 aromatic heterocycles. The van der Waals surface area contributed by atoms with Gasteiger partial charge in [-0.2, -0.15) is 0 Å². The summed E-state index contributed by atoms with van der Waals surface area (Å²) in [5.41, 5.74) is -0.616. The Balaban J connectivity index is 1.71. The number of aromatic nitrogens is 3. The number of ether oxygens (including phenoxy) is 1. The van der Waals surface area contributed by atoms with Crippen LogP contribution in [0.2, 0.25) is 0 Å². The molecular weight excluding hydrogens is 458 g/mol. The highest BCUT2D eigenvalue weighted by Gasteiger charge is 2.27. The van der Waals surface area contributed by atoms with Gasteiger partial charge < -0.3 is 24.3 Å². The maximum absolute atomic E-state index is 13.0. The van der Waals surface area contributed by atoms with Gasteiger partial charge in [0.05, 0.1) is 17.2 Å². The first kappa shape index (κ1) is 22.7. The topological polar surface area (TPSA) is 102 Å². The van der Waals surface area contributed by atoms with E-state index in [4.69, 9.17) is 16.1 Å².